The molecule has 90 valence electrons. The SMILES string of the molecule is c1ccc(-n2cc[n+]3cc4ccccc4cc23)cc1. The highest BCUT2D eigenvalue weighted by atomic mass is 15.1. The molecule has 4 aromatic rings. The Hall–Kier alpha value is -2.61. The molecule has 0 bridgehead atoms. The third kappa shape index (κ3) is 1.61. The van der Waals surface area contributed by atoms with Gasteiger partial charge in [0.05, 0.1) is 0 Å². The summed E-state index contributed by atoms with van der Waals surface area (Å²) in [6, 6.07) is 21.1. The lowest BCUT2D eigenvalue weighted by Crippen LogP contribution is -2.18. The molecule has 2 heterocycles. The number of fused-ring (bicyclic) bond motifs is 2. The predicted molar refractivity (Wildman–Crippen MR) is 76.4 cm³/mol. The molecule has 0 atom stereocenters. The summed E-state index contributed by atoms with van der Waals surface area (Å²) in [4.78, 5) is 0. The molecule has 0 unspecified atom stereocenters. The molecular formula is C17H13N2+. The molecular weight excluding hydrogens is 232 g/mol. The number of benzene rings is 2. The number of nitrogens with zero attached hydrogens (tertiary/aromatic N) is 2. The molecule has 2 aromatic carbocycles. The van der Waals surface area contributed by atoms with Crippen molar-refractivity contribution in [3.8, 4) is 5.69 Å². The van der Waals surface area contributed by atoms with Crippen molar-refractivity contribution in [1.29, 1.82) is 0 Å². The Morgan fingerprint density at radius 3 is 2.37 bits per heavy atom. The molecule has 0 aliphatic carbocycles. The quantitative estimate of drug-likeness (QED) is 0.455. The summed E-state index contributed by atoms with van der Waals surface area (Å²) in [5.74, 6) is 0. The lowest BCUT2D eigenvalue weighted by atomic mass is 10.2. The zero-order chi connectivity index (χ0) is 12.7. The lowest BCUT2D eigenvalue weighted by molar-refractivity contribution is -0.508. The van der Waals surface area contributed by atoms with Crippen molar-refractivity contribution < 1.29 is 4.40 Å². The van der Waals surface area contributed by atoms with Crippen LogP contribution in [-0.2, 0) is 0 Å². The number of aromatic nitrogens is 2. The fourth-order valence-electron chi connectivity index (χ4n) is 2.52. The van der Waals surface area contributed by atoms with Gasteiger partial charge in [0.1, 0.15) is 24.3 Å². The maximum Gasteiger partial charge on any atom is 0.291 e. The summed E-state index contributed by atoms with van der Waals surface area (Å²) in [6.07, 6.45) is 6.36. The van der Waals surface area contributed by atoms with Gasteiger partial charge in [0, 0.05) is 11.5 Å². The van der Waals surface area contributed by atoms with E-state index in [1.807, 2.05) is 6.07 Å². The molecule has 0 radical (unpaired) electrons. The maximum absolute atomic E-state index is 2.22. The van der Waals surface area contributed by atoms with Gasteiger partial charge >= 0.3 is 0 Å². The number of hydrogen-bond acceptors (Lipinski definition) is 0. The molecule has 19 heavy (non-hydrogen) atoms. The molecule has 0 N–H and O–H groups in total. The van der Waals surface area contributed by atoms with Gasteiger partial charge in [-0.25, -0.2) is 4.40 Å². The minimum Gasteiger partial charge on any atom is -0.202 e. The van der Waals surface area contributed by atoms with E-state index in [0.29, 0.717) is 0 Å². The highest BCUT2D eigenvalue weighted by Gasteiger charge is 2.12. The van der Waals surface area contributed by atoms with Crippen LogP contribution in [0.2, 0.25) is 0 Å². The van der Waals surface area contributed by atoms with Gasteiger partial charge in [0.15, 0.2) is 0 Å². The first kappa shape index (κ1) is 10.3. The van der Waals surface area contributed by atoms with E-state index in [1.165, 1.54) is 22.1 Å². The third-order valence-electron chi connectivity index (χ3n) is 3.48. The molecule has 0 aliphatic heterocycles. The summed E-state index contributed by atoms with van der Waals surface area (Å²) in [6.45, 7) is 0. The van der Waals surface area contributed by atoms with Crippen LogP contribution in [0.4, 0.5) is 0 Å². The van der Waals surface area contributed by atoms with Crippen molar-refractivity contribution >= 4 is 16.4 Å². The Labute approximate surface area is 111 Å². The first-order valence-electron chi connectivity index (χ1n) is 6.38. The first-order chi connectivity index (χ1) is 9.42. The van der Waals surface area contributed by atoms with E-state index in [0.717, 1.165) is 0 Å². The van der Waals surface area contributed by atoms with Gasteiger partial charge in [0.25, 0.3) is 5.65 Å². The van der Waals surface area contributed by atoms with E-state index in [9.17, 15) is 0 Å². The molecule has 2 nitrogen and oxygen atoms in total. The van der Waals surface area contributed by atoms with E-state index < -0.39 is 0 Å². The van der Waals surface area contributed by atoms with Crippen LogP contribution in [0.3, 0.4) is 0 Å². The number of para-hydroxylation sites is 1. The second kappa shape index (κ2) is 3.95. The highest BCUT2D eigenvalue weighted by Crippen LogP contribution is 2.16. The van der Waals surface area contributed by atoms with Crippen LogP contribution in [0, 0.1) is 0 Å². The minimum atomic E-state index is 1.17. The third-order valence-corrected chi connectivity index (χ3v) is 3.48. The summed E-state index contributed by atoms with van der Waals surface area (Å²) < 4.78 is 4.36. The molecule has 2 aromatic heterocycles. The topological polar surface area (TPSA) is 9.03 Å². The van der Waals surface area contributed by atoms with Crippen LogP contribution >= 0.6 is 0 Å². The summed E-state index contributed by atoms with van der Waals surface area (Å²) >= 11 is 0. The number of hydrogen-bond donors (Lipinski definition) is 0. The van der Waals surface area contributed by atoms with Crippen molar-refractivity contribution in [2.75, 3.05) is 0 Å². The average Bonchev–Trinajstić information content (AvgIpc) is 2.88. The number of rotatable bonds is 1. The van der Waals surface area contributed by atoms with Gasteiger partial charge in [0.2, 0.25) is 0 Å². The van der Waals surface area contributed by atoms with Crippen LogP contribution in [0.15, 0.2) is 79.3 Å². The Morgan fingerprint density at radius 1 is 0.789 bits per heavy atom. The maximum atomic E-state index is 2.22. The van der Waals surface area contributed by atoms with Crippen molar-refractivity contribution in [3.05, 3.63) is 79.3 Å². The molecule has 0 saturated carbocycles. The van der Waals surface area contributed by atoms with Gasteiger partial charge in [-0.15, -0.1) is 0 Å². The zero-order valence-electron chi connectivity index (χ0n) is 10.4. The fourth-order valence-corrected chi connectivity index (χ4v) is 2.52. The Kier molecular flexibility index (Phi) is 2.15. The van der Waals surface area contributed by atoms with Crippen LogP contribution in [0.25, 0.3) is 22.1 Å². The molecule has 0 fully saturated rings. The van der Waals surface area contributed by atoms with E-state index in [4.69, 9.17) is 0 Å². The lowest BCUT2D eigenvalue weighted by Gasteiger charge is -1.98. The van der Waals surface area contributed by atoms with E-state index in [2.05, 4.69) is 82.2 Å². The van der Waals surface area contributed by atoms with Gasteiger partial charge in [-0.1, -0.05) is 42.5 Å². The van der Waals surface area contributed by atoms with Gasteiger partial charge in [-0.05, 0) is 17.5 Å². The number of imidazole rings is 1. The highest BCUT2D eigenvalue weighted by molar-refractivity contribution is 5.83. The van der Waals surface area contributed by atoms with Gasteiger partial charge < -0.3 is 0 Å². The molecule has 0 aliphatic rings. The average molecular weight is 245 g/mol. The fraction of sp³-hybridized carbons (Fsp3) is 0. The van der Waals surface area contributed by atoms with Crippen LogP contribution in [-0.4, -0.2) is 4.57 Å². The predicted octanol–water partition coefficient (Wildman–Crippen LogP) is 3.37. The van der Waals surface area contributed by atoms with Gasteiger partial charge in [-0.2, -0.15) is 4.57 Å². The summed E-state index contributed by atoms with van der Waals surface area (Å²) in [5, 5.41) is 2.52. The smallest absolute Gasteiger partial charge is 0.202 e. The van der Waals surface area contributed by atoms with Crippen LogP contribution < -0.4 is 4.40 Å². The second-order valence-electron chi connectivity index (χ2n) is 4.67. The molecule has 4 rings (SSSR count). The standard InChI is InChI=1S/C17H13N2/c1-2-8-16(9-3-1)19-11-10-18-13-15-7-5-4-6-14(15)12-17(18)19/h1-13H/q+1. The van der Waals surface area contributed by atoms with Crippen LogP contribution in [0.5, 0.6) is 0 Å². The Morgan fingerprint density at radius 2 is 1.53 bits per heavy atom. The molecule has 2 heteroatoms. The van der Waals surface area contributed by atoms with Crippen molar-refractivity contribution in [3.63, 3.8) is 0 Å². The zero-order valence-corrected chi connectivity index (χ0v) is 10.4. The summed E-state index contributed by atoms with van der Waals surface area (Å²) in [7, 11) is 0. The van der Waals surface area contributed by atoms with E-state index in [-0.39, 0.29) is 0 Å². The monoisotopic (exact) mass is 245 g/mol. The van der Waals surface area contributed by atoms with Crippen molar-refractivity contribution in [1.82, 2.24) is 4.57 Å². The molecule has 0 saturated heterocycles. The minimum absolute atomic E-state index is 1.17. The Balaban J connectivity index is 2.05. The van der Waals surface area contributed by atoms with Gasteiger partial charge in [-0.3, -0.25) is 0 Å². The normalized spacial score (nSPS) is 11.2. The van der Waals surface area contributed by atoms with E-state index >= 15 is 0 Å². The Bertz CT molecular complexity index is 860. The van der Waals surface area contributed by atoms with Crippen molar-refractivity contribution in [2.24, 2.45) is 0 Å². The summed E-state index contributed by atoms with van der Waals surface area (Å²) in [5.41, 5.74) is 2.35. The first-order valence-corrected chi connectivity index (χ1v) is 6.38. The second-order valence-corrected chi connectivity index (χ2v) is 4.67. The molecule has 0 spiro atoms. The molecule has 0 amide bonds. The van der Waals surface area contributed by atoms with E-state index in [1.54, 1.807) is 0 Å². The van der Waals surface area contributed by atoms with Crippen molar-refractivity contribution in [2.45, 2.75) is 0 Å². The largest absolute Gasteiger partial charge is 0.291 e. The number of pyridine rings is 1. The van der Waals surface area contributed by atoms with Crippen LogP contribution in [0.1, 0.15) is 0 Å².